The molecule has 0 saturated heterocycles. The van der Waals surface area contributed by atoms with E-state index >= 15 is 0 Å². The number of nitrogens with one attached hydrogen (secondary N) is 1. The molecule has 1 unspecified atom stereocenters. The highest BCUT2D eigenvalue weighted by Crippen LogP contribution is 2.20. The van der Waals surface area contributed by atoms with Crippen LogP contribution in [-0.2, 0) is 0 Å². The van der Waals surface area contributed by atoms with Crippen molar-refractivity contribution in [3.8, 4) is 0 Å². The molecule has 0 fully saturated rings. The van der Waals surface area contributed by atoms with Gasteiger partial charge in [0, 0.05) is 19.7 Å². The van der Waals surface area contributed by atoms with Gasteiger partial charge in [0.1, 0.15) is 11.6 Å². The Labute approximate surface area is 113 Å². The second-order valence-electron chi connectivity index (χ2n) is 4.17. The number of nitrogens with zero attached hydrogens (tertiary/aromatic N) is 3. The quantitative estimate of drug-likeness (QED) is 0.582. The van der Waals surface area contributed by atoms with Gasteiger partial charge in [0.15, 0.2) is 5.16 Å². The van der Waals surface area contributed by atoms with Crippen LogP contribution < -0.4 is 10.2 Å². The molecule has 0 aliphatic carbocycles. The van der Waals surface area contributed by atoms with Crippen LogP contribution in [0.5, 0.6) is 0 Å². The summed E-state index contributed by atoms with van der Waals surface area (Å²) in [5, 5.41) is 13.2. The lowest BCUT2D eigenvalue weighted by atomic mass is 10.3. The molecule has 1 aromatic heterocycles. The molecular formula is C12H22N4OS. The van der Waals surface area contributed by atoms with Gasteiger partial charge < -0.3 is 15.3 Å². The maximum atomic E-state index is 9.20. The Morgan fingerprint density at radius 2 is 2.22 bits per heavy atom. The van der Waals surface area contributed by atoms with Crippen molar-refractivity contribution >= 4 is 23.4 Å². The molecule has 0 saturated carbocycles. The van der Waals surface area contributed by atoms with Gasteiger partial charge in [0.25, 0.3) is 0 Å². The van der Waals surface area contributed by atoms with E-state index in [2.05, 4.69) is 22.2 Å². The first kappa shape index (κ1) is 15.0. The Bertz CT molecular complexity index is 375. The van der Waals surface area contributed by atoms with E-state index in [4.69, 9.17) is 0 Å². The fourth-order valence-corrected chi connectivity index (χ4v) is 1.75. The van der Waals surface area contributed by atoms with Crippen LogP contribution in [0.2, 0.25) is 0 Å². The summed E-state index contributed by atoms with van der Waals surface area (Å²) in [5.74, 6) is 1.66. The van der Waals surface area contributed by atoms with Crippen molar-refractivity contribution in [3.05, 3.63) is 6.07 Å². The first-order valence-corrected chi connectivity index (χ1v) is 7.35. The Hall–Kier alpha value is -1.01. The Morgan fingerprint density at radius 3 is 2.78 bits per heavy atom. The van der Waals surface area contributed by atoms with E-state index in [1.54, 1.807) is 0 Å². The summed E-state index contributed by atoms with van der Waals surface area (Å²) in [6, 6.07) is 1.95. The smallest absolute Gasteiger partial charge is 0.191 e. The van der Waals surface area contributed by atoms with E-state index in [0.717, 1.165) is 29.8 Å². The molecule has 2 N–H and O–H groups in total. The molecule has 102 valence electrons. The molecule has 0 amide bonds. The first-order valence-electron chi connectivity index (χ1n) is 6.13. The third-order valence-corrected chi connectivity index (χ3v) is 3.27. The zero-order chi connectivity index (χ0) is 13.5. The van der Waals surface area contributed by atoms with Gasteiger partial charge in [-0.05, 0) is 19.6 Å². The van der Waals surface area contributed by atoms with E-state index in [1.807, 2.05) is 31.2 Å². The molecule has 0 aromatic carbocycles. The maximum absolute atomic E-state index is 9.20. The molecular weight excluding hydrogens is 248 g/mol. The number of likely N-dealkylation sites (N-methyl/N-ethyl adjacent to an activating group) is 1. The largest absolute Gasteiger partial charge is 0.394 e. The van der Waals surface area contributed by atoms with Crippen LogP contribution in [0, 0.1) is 0 Å². The van der Waals surface area contributed by atoms with Crippen molar-refractivity contribution in [1.82, 2.24) is 9.97 Å². The molecule has 0 aliphatic heterocycles. The van der Waals surface area contributed by atoms with Crippen LogP contribution in [-0.4, -0.2) is 47.6 Å². The van der Waals surface area contributed by atoms with Gasteiger partial charge in [0.05, 0.1) is 12.6 Å². The van der Waals surface area contributed by atoms with E-state index in [0.29, 0.717) is 0 Å². The molecule has 1 heterocycles. The Balaban J connectivity index is 2.95. The number of hydrogen-bond acceptors (Lipinski definition) is 6. The van der Waals surface area contributed by atoms with Crippen molar-refractivity contribution in [2.45, 2.75) is 31.5 Å². The second-order valence-corrected chi connectivity index (χ2v) is 4.94. The van der Waals surface area contributed by atoms with Crippen LogP contribution in [0.3, 0.4) is 0 Å². The topological polar surface area (TPSA) is 61.3 Å². The summed E-state index contributed by atoms with van der Waals surface area (Å²) in [4.78, 5) is 10.8. The molecule has 1 atom stereocenters. The van der Waals surface area contributed by atoms with Gasteiger partial charge in [-0.25, -0.2) is 9.97 Å². The standard InChI is InChI=1S/C12H22N4OS/c1-5-6-13-10-7-11(15-12(14-10)18-4)16(3)9(2)8-17/h7,9,17H,5-6,8H2,1-4H3,(H,13,14,15). The lowest BCUT2D eigenvalue weighted by Gasteiger charge is -2.24. The second kappa shape index (κ2) is 7.43. The summed E-state index contributed by atoms with van der Waals surface area (Å²) in [5.41, 5.74) is 0. The van der Waals surface area contributed by atoms with Crippen molar-refractivity contribution in [2.75, 3.05) is 36.7 Å². The molecule has 0 radical (unpaired) electrons. The van der Waals surface area contributed by atoms with Crippen molar-refractivity contribution < 1.29 is 5.11 Å². The summed E-state index contributed by atoms with van der Waals surface area (Å²) < 4.78 is 0. The molecule has 18 heavy (non-hydrogen) atoms. The molecule has 5 nitrogen and oxygen atoms in total. The van der Waals surface area contributed by atoms with E-state index in [9.17, 15) is 5.11 Å². The predicted octanol–water partition coefficient (Wildman–Crippen LogP) is 1.84. The monoisotopic (exact) mass is 270 g/mol. The minimum Gasteiger partial charge on any atom is -0.394 e. The summed E-state index contributed by atoms with van der Waals surface area (Å²) in [7, 11) is 1.93. The number of hydrogen-bond donors (Lipinski definition) is 2. The van der Waals surface area contributed by atoms with Crippen LogP contribution in [0.1, 0.15) is 20.3 Å². The minimum absolute atomic E-state index is 0.0358. The van der Waals surface area contributed by atoms with Crippen molar-refractivity contribution in [2.24, 2.45) is 0 Å². The van der Waals surface area contributed by atoms with Crippen molar-refractivity contribution in [1.29, 1.82) is 0 Å². The van der Waals surface area contributed by atoms with Gasteiger partial charge in [-0.2, -0.15) is 0 Å². The van der Waals surface area contributed by atoms with E-state index in [1.165, 1.54) is 11.8 Å². The normalized spacial score (nSPS) is 12.3. The average molecular weight is 270 g/mol. The van der Waals surface area contributed by atoms with Gasteiger partial charge >= 0.3 is 0 Å². The van der Waals surface area contributed by atoms with Gasteiger partial charge in [-0.15, -0.1) is 0 Å². The lowest BCUT2D eigenvalue weighted by molar-refractivity contribution is 0.269. The fraction of sp³-hybridized carbons (Fsp3) is 0.667. The SMILES string of the molecule is CCCNc1cc(N(C)C(C)CO)nc(SC)n1. The highest BCUT2D eigenvalue weighted by atomic mass is 32.2. The number of aliphatic hydroxyl groups excluding tert-OH is 1. The van der Waals surface area contributed by atoms with E-state index in [-0.39, 0.29) is 12.6 Å². The molecule has 6 heteroatoms. The summed E-state index contributed by atoms with van der Waals surface area (Å²) in [6.07, 6.45) is 3.01. The average Bonchev–Trinajstić information content (AvgIpc) is 2.42. The fourth-order valence-electron chi connectivity index (χ4n) is 1.38. The van der Waals surface area contributed by atoms with Gasteiger partial charge in [-0.3, -0.25) is 0 Å². The Kier molecular flexibility index (Phi) is 6.21. The zero-order valence-electron chi connectivity index (χ0n) is 11.5. The number of anilines is 2. The minimum atomic E-state index is 0.0358. The lowest BCUT2D eigenvalue weighted by Crippen LogP contribution is -2.32. The van der Waals surface area contributed by atoms with Crippen LogP contribution in [0.15, 0.2) is 11.2 Å². The van der Waals surface area contributed by atoms with Crippen LogP contribution in [0.4, 0.5) is 11.6 Å². The number of aliphatic hydroxyl groups is 1. The molecule has 0 bridgehead atoms. The van der Waals surface area contributed by atoms with Gasteiger partial charge in [0.2, 0.25) is 0 Å². The highest BCUT2D eigenvalue weighted by molar-refractivity contribution is 7.98. The molecule has 0 spiro atoms. The molecule has 1 aromatic rings. The third kappa shape index (κ3) is 4.03. The van der Waals surface area contributed by atoms with E-state index < -0.39 is 0 Å². The maximum Gasteiger partial charge on any atom is 0.191 e. The first-order chi connectivity index (χ1) is 8.62. The molecule has 1 rings (SSSR count). The zero-order valence-corrected chi connectivity index (χ0v) is 12.3. The van der Waals surface area contributed by atoms with Gasteiger partial charge in [-0.1, -0.05) is 18.7 Å². The van der Waals surface area contributed by atoms with Crippen molar-refractivity contribution in [3.63, 3.8) is 0 Å². The van der Waals surface area contributed by atoms with Crippen LogP contribution >= 0.6 is 11.8 Å². The van der Waals surface area contributed by atoms with Crippen LogP contribution in [0.25, 0.3) is 0 Å². The number of rotatable bonds is 7. The number of thioether (sulfide) groups is 1. The molecule has 0 aliphatic rings. The summed E-state index contributed by atoms with van der Waals surface area (Å²) in [6.45, 7) is 5.07. The summed E-state index contributed by atoms with van der Waals surface area (Å²) >= 11 is 1.52. The highest BCUT2D eigenvalue weighted by Gasteiger charge is 2.12. The third-order valence-electron chi connectivity index (χ3n) is 2.72. The predicted molar refractivity (Wildman–Crippen MR) is 77.5 cm³/mol. The Morgan fingerprint density at radius 1 is 1.50 bits per heavy atom. The number of aromatic nitrogens is 2.